The Morgan fingerprint density at radius 1 is 1.26 bits per heavy atom. The number of ether oxygens (including phenoxy) is 2. The number of aryl methyl sites for hydroxylation is 1. The van der Waals surface area contributed by atoms with Crippen molar-refractivity contribution >= 4 is 0 Å². The van der Waals surface area contributed by atoms with Crippen LogP contribution in [0.25, 0.3) is 0 Å². The van der Waals surface area contributed by atoms with Gasteiger partial charge in [0.05, 0.1) is 11.7 Å². The van der Waals surface area contributed by atoms with Gasteiger partial charge in [-0.05, 0) is 51.4 Å². The number of hydrogen-bond acceptors (Lipinski definition) is 6. The minimum atomic E-state index is -0.00941. The standard InChI is InChI=1S/C17H27N3O3/c1-12-15(19-23-18-12)10-20-8-7-17(21-2)6-5-14(9-16(17)20)22-11-13-3-4-13/h13-14,16H,3-11H2,1-2H3. The van der Waals surface area contributed by atoms with Crippen LogP contribution in [-0.4, -0.2) is 53.2 Å². The Bertz CT molecular complexity index is 545. The first-order valence-electron chi connectivity index (χ1n) is 8.89. The Kier molecular flexibility index (Phi) is 4.15. The molecule has 23 heavy (non-hydrogen) atoms. The van der Waals surface area contributed by atoms with Crippen LogP contribution in [0.1, 0.15) is 49.9 Å². The highest BCUT2D eigenvalue weighted by molar-refractivity contribution is 5.10. The van der Waals surface area contributed by atoms with E-state index in [1.54, 1.807) is 0 Å². The maximum absolute atomic E-state index is 6.18. The second kappa shape index (κ2) is 6.15. The molecule has 2 heterocycles. The third-order valence-electron chi connectivity index (χ3n) is 6.02. The summed E-state index contributed by atoms with van der Waals surface area (Å²) in [4.78, 5) is 2.49. The predicted octanol–water partition coefficient (Wildman–Crippen LogP) is 2.32. The zero-order valence-electron chi connectivity index (χ0n) is 14.2. The average Bonchev–Trinajstić information content (AvgIpc) is 3.22. The van der Waals surface area contributed by atoms with Crippen molar-refractivity contribution in [2.45, 2.75) is 69.7 Å². The summed E-state index contributed by atoms with van der Waals surface area (Å²) < 4.78 is 17.0. The van der Waals surface area contributed by atoms with E-state index >= 15 is 0 Å². The van der Waals surface area contributed by atoms with Gasteiger partial charge >= 0.3 is 0 Å². The van der Waals surface area contributed by atoms with Gasteiger partial charge in [-0.3, -0.25) is 4.90 Å². The molecule has 4 rings (SSSR count). The molecule has 1 aromatic heterocycles. The maximum Gasteiger partial charge on any atom is 0.122 e. The Morgan fingerprint density at radius 3 is 2.83 bits per heavy atom. The molecule has 0 radical (unpaired) electrons. The average molecular weight is 321 g/mol. The van der Waals surface area contributed by atoms with Crippen LogP contribution in [0.2, 0.25) is 0 Å². The molecule has 1 saturated heterocycles. The summed E-state index contributed by atoms with van der Waals surface area (Å²) in [5, 5.41) is 7.95. The number of hydrogen-bond donors (Lipinski definition) is 0. The number of fused-ring (bicyclic) bond motifs is 1. The molecule has 3 aliphatic rings. The van der Waals surface area contributed by atoms with E-state index in [2.05, 4.69) is 15.2 Å². The summed E-state index contributed by atoms with van der Waals surface area (Å²) in [6.45, 7) is 4.73. The zero-order valence-corrected chi connectivity index (χ0v) is 14.2. The second-order valence-corrected chi connectivity index (χ2v) is 7.47. The van der Waals surface area contributed by atoms with Crippen molar-refractivity contribution in [2.75, 3.05) is 20.3 Å². The summed E-state index contributed by atoms with van der Waals surface area (Å²) in [5.41, 5.74) is 1.82. The van der Waals surface area contributed by atoms with Crippen LogP contribution in [-0.2, 0) is 16.0 Å². The van der Waals surface area contributed by atoms with Gasteiger partial charge in [0, 0.05) is 32.8 Å². The number of methoxy groups -OCH3 is 1. The van der Waals surface area contributed by atoms with Crippen molar-refractivity contribution in [3.63, 3.8) is 0 Å². The van der Waals surface area contributed by atoms with Crippen LogP contribution in [0.3, 0.4) is 0 Å². The Labute approximate surface area is 137 Å². The molecule has 2 saturated carbocycles. The molecule has 6 heteroatoms. The number of aromatic nitrogens is 2. The van der Waals surface area contributed by atoms with Gasteiger partial charge in [-0.25, -0.2) is 4.63 Å². The molecule has 1 aromatic rings. The molecule has 0 aromatic carbocycles. The lowest BCUT2D eigenvalue weighted by Gasteiger charge is -2.43. The van der Waals surface area contributed by atoms with Gasteiger partial charge in [0.25, 0.3) is 0 Å². The monoisotopic (exact) mass is 321 g/mol. The molecule has 0 N–H and O–H groups in total. The zero-order chi connectivity index (χ0) is 15.9. The van der Waals surface area contributed by atoms with Crippen LogP contribution < -0.4 is 0 Å². The van der Waals surface area contributed by atoms with Gasteiger partial charge in [0.15, 0.2) is 0 Å². The summed E-state index contributed by atoms with van der Waals surface area (Å²) in [5.74, 6) is 0.827. The third kappa shape index (κ3) is 3.04. The molecule has 0 spiro atoms. The largest absolute Gasteiger partial charge is 0.378 e. The van der Waals surface area contributed by atoms with E-state index in [1.165, 1.54) is 12.8 Å². The minimum Gasteiger partial charge on any atom is -0.378 e. The highest BCUT2D eigenvalue weighted by Crippen LogP contribution is 2.44. The maximum atomic E-state index is 6.18. The van der Waals surface area contributed by atoms with E-state index in [1.807, 2.05) is 14.0 Å². The Hall–Kier alpha value is -0.980. The Balaban J connectivity index is 1.44. The normalized spacial score (nSPS) is 34.7. The van der Waals surface area contributed by atoms with E-state index in [9.17, 15) is 0 Å². The van der Waals surface area contributed by atoms with E-state index < -0.39 is 0 Å². The lowest BCUT2D eigenvalue weighted by Crippen LogP contribution is -2.51. The van der Waals surface area contributed by atoms with Gasteiger partial charge in [0.2, 0.25) is 0 Å². The van der Waals surface area contributed by atoms with Crippen LogP contribution in [0.5, 0.6) is 0 Å². The van der Waals surface area contributed by atoms with Crippen LogP contribution in [0, 0.1) is 12.8 Å². The fourth-order valence-corrected chi connectivity index (χ4v) is 4.24. The molecule has 0 bridgehead atoms. The first kappa shape index (κ1) is 15.5. The highest BCUT2D eigenvalue weighted by Gasteiger charge is 2.51. The van der Waals surface area contributed by atoms with Crippen molar-refractivity contribution in [1.82, 2.24) is 15.2 Å². The van der Waals surface area contributed by atoms with Gasteiger partial charge in [-0.15, -0.1) is 0 Å². The van der Waals surface area contributed by atoms with Crippen molar-refractivity contribution in [3.05, 3.63) is 11.4 Å². The van der Waals surface area contributed by atoms with Crippen molar-refractivity contribution in [3.8, 4) is 0 Å². The summed E-state index contributed by atoms with van der Waals surface area (Å²) in [7, 11) is 1.87. The first-order chi connectivity index (χ1) is 11.2. The minimum absolute atomic E-state index is 0.00941. The fraction of sp³-hybridized carbons (Fsp3) is 0.882. The molecule has 6 nitrogen and oxygen atoms in total. The number of likely N-dealkylation sites (tertiary alicyclic amines) is 1. The summed E-state index contributed by atoms with van der Waals surface area (Å²) in [6, 6.07) is 0.404. The molecule has 3 unspecified atom stereocenters. The summed E-state index contributed by atoms with van der Waals surface area (Å²) >= 11 is 0. The van der Waals surface area contributed by atoms with Crippen LogP contribution in [0.15, 0.2) is 4.63 Å². The topological polar surface area (TPSA) is 60.6 Å². The fourth-order valence-electron chi connectivity index (χ4n) is 4.24. The van der Waals surface area contributed by atoms with Gasteiger partial charge < -0.3 is 9.47 Å². The Morgan fingerprint density at radius 2 is 2.13 bits per heavy atom. The van der Waals surface area contributed by atoms with Gasteiger partial charge in [0.1, 0.15) is 11.4 Å². The van der Waals surface area contributed by atoms with Crippen molar-refractivity contribution < 1.29 is 14.1 Å². The van der Waals surface area contributed by atoms with Crippen molar-refractivity contribution in [2.24, 2.45) is 5.92 Å². The number of nitrogens with zero attached hydrogens (tertiary/aromatic N) is 3. The quantitative estimate of drug-likeness (QED) is 0.801. The van der Waals surface area contributed by atoms with Gasteiger partial charge in [-0.1, -0.05) is 10.3 Å². The molecular formula is C17H27N3O3. The van der Waals surface area contributed by atoms with Crippen molar-refractivity contribution in [1.29, 1.82) is 0 Å². The van der Waals surface area contributed by atoms with E-state index in [-0.39, 0.29) is 5.60 Å². The number of rotatable bonds is 6. The van der Waals surface area contributed by atoms with E-state index in [4.69, 9.17) is 14.1 Å². The second-order valence-electron chi connectivity index (χ2n) is 7.47. The molecule has 128 valence electrons. The third-order valence-corrected chi connectivity index (χ3v) is 6.02. The predicted molar refractivity (Wildman–Crippen MR) is 83.9 cm³/mol. The molecule has 3 atom stereocenters. The lowest BCUT2D eigenvalue weighted by molar-refractivity contribution is -0.103. The van der Waals surface area contributed by atoms with Gasteiger partial charge in [-0.2, -0.15) is 0 Å². The van der Waals surface area contributed by atoms with Crippen LogP contribution in [0.4, 0.5) is 0 Å². The molecule has 3 fully saturated rings. The SMILES string of the molecule is COC12CCC(OCC3CC3)CC1N(Cc1nonc1C)CC2. The smallest absolute Gasteiger partial charge is 0.122 e. The molecule has 0 amide bonds. The molecular weight excluding hydrogens is 294 g/mol. The first-order valence-corrected chi connectivity index (χ1v) is 8.89. The van der Waals surface area contributed by atoms with Crippen LogP contribution >= 0.6 is 0 Å². The van der Waals surface area contributed by atoms with E-state index in [0.717, 1.165) is 62.7 Å². The summed E-state index contributed by atoms with van der Waals surface area (Å²) in [6.07, 6.45) is 7.44. The lowest BCUT2D eigenvalue weighted by atomic mass is 9.79. The van der Waals surface area contributed by atoms with E-state index in [0.29, 0.717) is 12.1 Å². The highest BCUT2D eigenvalue weighted by atomic mass is 16.6. The molecule has 1 aliphatic heterocycles. The molecule has 2 aliphatic carbocycles.